The molecule has 4 heteroatoms. The van der Waals surface area contributed by atoms with E-state index in [4.69, 9.17) is 21.1 Å². The summed E-state index contributed by atoms with van der Waals surface area (Å²) in [6.45, 7) is 4.62. The first-order chi connectivity index (χ1) is 8.69. The van der Waals surface area contributed by atoms with Crippen LogP contribution in [0.1, 0.15) is 24.2 Å². The number of halogens is 1. The second-order valence-electron chi connectivity index (χ2n) is 3.32. The maximum Gasteiger partial charge on any atom is 0.237 e. The summed E-state index contributed by atoms with van der Waals surface area (Å²) in [7, 11) is 0. The van der Waals surface area contributed by atoms with E-state index in [9.17, 15) is 4.79 Å². The fourth-order valence-corrected chi connectivity index (χ4v) is 1.49. The van der Waals surface area contributed by atoms with Gasteiger partial charge in [-0.05, 0) is 37.8 Å². The summed E-state index contributed by atoms with van der Waals surface area (Å²) < 4.78 is 10.4. The standard InChI is InChI=1S/C14H15ClO3/c1-3-17-14(18-4-2)10-9-13(16)11-7-5-6-8-12(11)15/h5-8,14H,3-4H2,1-2H3. The van der Waals surface area contributed by atoms with Crippen molar-refractivity contribution in [2.45, 2.75) is 20.1 Å². The molecule has 1 aromatic rings. The van der Waals surface area contributed by atoms with Gasteiger partial charge in [0.05, 0.1) is 5.02 Å². The van der Waals surface area contributed by atoms with Crippen molar-refractivity contribution in [1.82, 2.24) is 0 Å². The second-order valence-corrected chi connectivity index (χ2v) is 3.73. The molecule has 0 amide bonds. The van der Waals surface area contributed by atoms with Crippen LogP contribution in [0.5, 0.6) is 0 Å². The van der Waals surface area contributed by atoms with Crippen molar-refractivity contribution in [2.24, 2.45) is 0 Å². The summed E-state index contributed by atoms with van der Waals surface area (Å²) in [5, 5.41) is 0.390. The number of ketones is 1. The SMILES string of the molecule is CCOC(C#CC(=O)c1ccccc1Cl)OCC. The van der Waals surface area contributed by atoms with E-state index >= 15 is 0 Å². The maximum atomic E-state index is 11.8. The van der Waals surface area contributed by atoms with E-state index in [0.717, 1.165) is 0 Å². The average molecular weight is 267 g/mol. The smallest absolute Gasteiger partial charge is 0.237 e. The molecule has 0 radical (unpaired) electrons. The normalized spacial score (nSPS) is 10.0. The van der Waals surface area contributed by atoms with Gasteiger partial charge >= 0.3 is 0 Å². The lowest BCUT2D eigenvalue weighted by atomic mass is 10.1. The zero-order valence-corrected chi connectivity index (χ0v) is 11.2. The minimum Gasteiger partial charge on any atom is -0.342 e. The van der Waals surface area contributed by atoms with Gasteiger partial charge in [0, 0.05) is 18.8 Å². The molecule has 0 aromatic heterocycles. The van der Waals surface area contributed by atoms with E-state index in [1.54, 1.807) is 24.3 Å². The fourth-order valence-electron chi connectivity index (χ4n) is 1.27. The Labute approximate surface area is 112 Å². The highest BCUT2D eigenvalue weighted by Crippen LogP contribution is 2.14. The molecule has 0 aliphatic carbocycles. The quantitative estimate of drug-likeness (QED) is 0.356. The van der Waals surface area contributed by atoms with E-state index in [1.165, 1.54) is 0 Å². The van der Waals surface area contributed by atoms with Crippen LogP contribution in [0.4, 0.5) is 0 Å². The monoisotopic (exact) mass is 266 g/mol. The van der Waals surface area contributed by atoms with Crippen molar-refractivity contribution in [3.8, 4) is 11.8 Å². The van der Waals surface area contributed by atoms with Crippen molar-refractivity contribution in [3.05, 3.63) is 34.9 Å². The molecule has 0 N–H and O–H groups in total. The molecule has 1 rings (SSSR count). The molecule has 0 spiro atoms. The first-order valence-corrected chi connectivity index (χ1v) is 6.10. The van der Waals surface area contributed by atoms with Crippen molar-refractivity contribution >= 4 is 17.4 Å². The van der Waals surface area contributed by atoms with Gasteiger partial charge in [0.15, 0.2) is 0 Å². The van der Waals surface area contributed by atoms with Gasteiger partial charge in [0.1, 0.15) is 0 Å². The molecule has 0 aliphatic heterocycles. The van der Waals surface area contributed by atoms with Crippen molar-refractivity contribution in [3.63, 3.8) is 0 Å². The number of rotatable bonds is 5. The first kappa shape index (κ1) is 14.7. The van der Waals surface area contributed by atoms with E-state index in [-0.39, 0.29) is 5.78 Å². The lowest BCUT2D eigenvalue weighted by Gasteiger charge is -2.09. The minimum atomic E-state index is -0.675. The minimum absolute atomic E-state index is 0.343. The highest BCUT2D eigenvalue weighted by atomic mass is 35.5. The van der Waals surface area contributed by atoms with E-state index in [2.05, 4.69) is 11.8 Å². The van der Waals surface area contributed by atoms with Gasteiger partial charge in [0.2, 0.25) is 12.1 Å². The molecule has 3 nitrogen and oxygen atoms in total. The lowest BCUT2D eigenvalue weighted by molar-refractivity contribution is -0.0970. The summed E-state index contributed by atoms with van der Waals surface area (Å²) in [6, 6.07) is 6.79. The molecule has 0 saturated carbocycles. The highest BCUT2D eigenvalue weighted by Gasteiger charge is 2.08. The molecular weight excluding hydrogens is 252 g/mol. The third-order valence-electron chi connectivity index (χ3n) is 2.06. The van der Waals surface area contributed by atoms with Gasteiger partial charge < -0.3 is 9.47 Å². The van der Waals surface area contributed by atoms with E-state index in [0.29, 0.717) is 23.8 Å². The Balaban J connectivity index is 2.78. The van der Waals surface area contributed by atoms with Gasteiger partial charge in [-0.15, -0.1) is 0 Å². The topological polar surface area (TPSA) is 35.5 Å². The highest BCUT2D eigenvalue weighted by molar-refractivity contribution is 6.35. The molecule has 0 unspecified atom stereocenters. The van der Waals surface area contributed by atoms with Crippen LogP contribution in [0.2, 0.25) is 5.02 Å². The molecule has 18 heavy (non-hydrogen) atoms. The van der Waals surface area contributed by atoms with Gasteiger partial charge in [-0.3, -0.25) is 4.79 Å². The van der Waals surface area contributed by atoms with Crippen LogP contribution in [0, 0.1) is 11.8 Å². The summed E-state index contributed by atoms with van der Waals surface area (Å²) in [6.07, 6.45) is -0.675. The predicted octanol–water partition coefficient (Wildman–Crippen LogP) is 2.93. The Kier molecular flexibility index (Phi) is 6.45. The van der Waals surface area contributed by atoms with E-state index < -0.39 is 6.29 Å². The Morgan fingerprint density at radius 1 is 1.28 bits per heavy atom. The van der Waals surface area contributed by atoms with Crippen LogP contribution in [0.25, 0.3) is 0 Å². The van der Waals surface area contributed by atoms with Crippen molar-refractivity contribution < 1.29 is 14.3 Å². The van der Waals surface area contributed by atoms with Crippen LogP contribution < -0.4 is 0 Å². The number of carbonyl (C=O) groups excluding carboxylic acids is 1. The summed E-state index contributed by atoms with van der Waals surface area (Å²) in [5.41, 5.74) is 0.387. The maximum absolute atomic E-state index is 11.8. The van der Waals surface area contributed by atoms with Crippen LogP contribution in [-0.2, 0) is 9.47 Å². The van der Waals surface area contributed by atoms with Gasteiger partial charge in [-0.25, -0.2) is 0 Å². The molecule has 0 saturated heterocycles. The zero-order valence-electron chi connectivity index (χ0n) is 10.4. The summed E-state index contributed by atoms with van der Waals surface area (Å²) in [4.78, 5) is 11.8. The molecule has 0 bridgehead atoms. The van der Waals surface area contributed by atoms with Gasteiger partial charge in [0.25, 0.3) is 0 Å². The largest absolute Gasteiger partial charge is 0.342 e. The molecule has 0 fully saturated rings. The molecular formula is C14H15ClO3. The Morgan fingerprint density at radius 2 is 1.89 bits per heavy atom. The molecule has 0 heterocycles. The Morgan fingerprint density at radius 3 is 2.44 bits per heavy atom. The predicted molar refractivity (Wildman–Crippen MR) is 70.6 cm³/mol. The number of hydrogen-bond donors (Lipinski definition) is 0. The number of hydrogen-bond acceptors (Lipinski definition) is 3. The summed E-state index contributed by atoms with van der Waals surface area (Å²) >= 11 is 5.91. The Bertz CT molecular complexity index is 454. The lowest BCUT2D eigenvalue weighted by Crippen LogP contribution is -2.15. The molecule has 96 valence electrons. The molecule has 0 aliphatic rings. The average Bonchev–Trinajstić information content (AvgIpc) is 2.36. The third-order valence-corrected chi connectivity index (χ3v) is 2.39. The number of benzene rings is 1. The second kappa shape index (κ2) is 7.88. The molecule has 1 aromatic carbocycles. The van der Waals surface area contributed by atoms with Crippen LogP contribution in [-0.4, -0.2) is 25.3 Å². The van der Waals surface area contributed by atoms with Crippen LogP contribution in [0.3, 0.4) is 0 Å². The first-order valence-electron chi connectivity index (χ1n) is 5.72. The van der Waals surface area contributed by atoms with Gasteiger partial charge in [-0.2, -0.15) is 0 Å². The zero-order chi connectivity index (χ0) is 13.4. The van der Waals surface area contributed by atoms with Crippen LogP contribution in [0.15, 0.2) is 24.3 Å². The number of ether oxygens (including phenoxy) is 2. The third kappa shape index (κ3) is 4.50. The number of carbonyl (C=O) groups is 1. The van der Waals surface area contributed by atoms with Crippen molar-refractivity contribution in [1.29, 1.82) is 0 Å². The fraction of sp³-hybridized carbons (Fsp3) is 0.357. The Hall–Kier alpha value is -1.34. The summed E-state index contributed by atoms with van der Waals surface area (Å²) in [5.74, 6) is 4.79. The number of Topliss-reactive ketones (excluding diaryl/α,β-unsaturated/α-hetero) is 1. The van der Waals surface area contributed by atoms with Crippen LogP contribution >= 0.6 is 11.6 Å². The van der Waals surface area contributed by atoms with Crippen molar-refractivity contribution in [2.75, 3.05) is 13.2 Å². The van der Waals surface area contributed by atoms with Gasteiger partial charge in [-0.1, -0.05) is 23.7 Å². The van der Waals surface area contributed by atoms with E-state index in [1.807, 2.05) is 13.8 Å². The molecule has 0 atom stereocenters.